The van der Waals surface area contributed by atoms with Crippen molar-refractivity contribution >= 4 is 5.82 Å². The van der Waals surface area contributed by atoms with E-state index in [1.807, 2.05) is 13.0 Å². The molecule has 3 N–H and O–H groups in total. The van der Waals surface area contributed by atoms with Crippen LogP contribution >= 0.6 is 0 Å². The Morgan fingerprint density at radius 1 is 1.62 bits per heavy atom. The molecule has 5 nitrogen and oxygen atoms in total. The first-order valence-electron chi connectivity index (χ1n) is 4.93. The number of aromatic nitrogens is 1. The fourth-order valence-corrected chi connectivity index (χ4v) is 1.16. The van der Waals surface area contributed by atoms with Gasteiger partial charge >= 0.3 is 0 Å². The summed E-state index contributed by atoms with van der Waals surface area (Å²) in [5, 5.41) is 30.3. The number of anilines is 1. The van der Waals surface area contributed by atoms with Gasteiger partial charge in [-0.25, -0.2) is 4.98 Å². The van der Waals surface area contributed by atoms with Crippen LogP contribution < -0.4 is 5.32 Å². The zero-order valence-corrected chi connectivity index (χ0v) is 9.36. The lowest BCUT2D eigenvalue weighted by Gasteiger charge is -2.21. The number of aliphatic hydroxyl groups is 2. The zero-order valence-electron chi connectivity index (χ0n) is 9.36. The fourth-order valence-electron chi connectivity index (χ4n) is 1.16. The second-order valence-corrected chi connectivity index (χ2v) is 3.97. The highest BCUT2D eigenvalue weighted by molar-refractivity contribution is 5.55. The molecule has 0 fully saturated rings. The Morgan fingerprint density at radius 2 is 2.31 bits per heavy atom. The van der Waals surface area contributed by atoms with E-state index in [0.717, 1.165) is 5.56 Å². The highest BCUT2D eigenvalue weighted by atomic mass is 16.3. The predicted molar refractivity (Wildman–Crippen MR) is 59.9 cm³/mol. The SMILES string of the molecule is Cc1ccnc(NCC(C)(O)CO)c1C#N. The molecule has 16 heavy (non-hydrogen) atoms. The Hall–Kier alpha value is -1.64. The van der Waals surface area contributed by atoms with E-state index in [1.54, 1.807) is 12.3 Å². The van der Waals surface area contributed by atoms with Gasteiger partial charge in [-0.05, 0) is 25.5 Å². The van der Waals surface area contributed by atoms with Crippen LogP contribution in [0.2, 0.25) is 0 Å². The molecule has 0 amide bonds. The second kappa shape index (κ2) is 4.92. The summed E-state index contributed by atoms with van der Waals surface area (Å²) in [6.07, 6.45) is 1.59. The van der Waals surface area contributed by atoms with Gasteiger partial charge in [0, 0.05) is 12.7 Å². The van der Waals surface area contributed by atoms with E-state index < -0.39 is 5.60 Å². The predicted octanol–water partition coefficient (Wildman–Crippen LogP) is 0.417. The molecule has 1 heterocycles. The van der Waals surface area contributed by atoms with E-state index >= 15 is 0 Å². The Labute approximate surface area is 94.4 Å². The molecule has 5 heteroatoms. The first kappa shape index (κ1) is 12.4. The number of hydrogen-bond acceptors (Lipinski definition) is 5. The summed E-state index contributed by atoms with van der Waals surface area (Å²) in [5.74, 6) is 0.427. The molecule has 1 rings (SSSR count). The Morgan fingerprint density at radius 3 is 2.88 bits per heavy atom. The van der Waals surface area contributed by atoms with Crippen molar-refractivity contribution in [3.8, 4) is 6.07 Å². The van der Waals surface area contributed by atoms with Crippen molar-refractivity contribution in [2.75, 3.05) is 18.5 Å². The molecule has 1 aromatic rings. The monoisotopic (exact) mass is 221 g/mol. The zero-order chi connectivity index (χ0) is 12.2. The van der Waals surface area contributed by atoms with Gasteiger partial charge in [0.2, 0.25) is 0 Å². The lowest BCUT2D eigenvalue weighted by atomic mass is 10.1. The summed E-state index contributed by atoms with van der Waals surface area (Å²) in [7, 11) is 0. The second-order valence-electron chi connectivity index (χ2n) is 3.97. The minimum Gasteiger partial charge on any atom is -0.393 e. The van der Waals surface area contributed by atoms with E-state index in [1.165, 1.54) is 6.92 Å². The molecule has 1 atom stereocenters. The fraction of sp³-hybridized carbons (Fsp3) is 0.455. The summed E-state index contributed by atoms with van der Waals surface area (Å²) < 4.78 is 0. The molecule has 1 aromatic heterocycles. The van der Waals surface area contributed by atoms with E-state index in [2.05, 4.69) is 10.3 Å². The van der Waals surface area contributed by atoms with Gasteiger partial charge in [-0.2, -0.15) is 5.26 Å². The van der Waals surface area contributed by atoms with Crippen molar-refractivity contribution in [2.45, 2.75) is 19.4 Å². The molecular weight excluding hydrogens is 206 g/mol. The average Bonchev–Trinajstić information content (AvgIpc) is 2.26. The largest absolute Gasteiger partial charge is 0.393 e. The Bertz CT molecular complexity index is 410. The quantitative estimate of drug-likeness (QED) is 0.685. The number of aryl methyl sites for hydroxylation is 1. The van der Waals surface area contributed by atoms with Gasteiger partial charge in [-0.1, -0.05) is 0 Å². The van der Waals surface area contributed by atoms with Crippen LogP contribution in [0.1, 0.15) is 18.1 Å². The van der Waals surface area contributed by atoms with Crippen molar-refractivity contribution in [1.29, 1.82) is 5.26 Å². The number of nitrogens with zero attached hydrogens (tertiary/aromatic N) is 2. The number of pyridine rings is 1. The molecule has 0 bridgehead atoms. The standard InChI is InChI=1S/C11H15N3O2/c1-8-3-4-13-10(9(8)5-12)14-6-11(2,16)7-15/h3-4,15-16H,6-7H2,1-2H3,(H,13,14). The number of nitriles is 1. The normalized spacial score (nSPS) is 13.9. The molecule has 0 aliphatic rings. The molecule has 0 aliphatic carbocycles. The Kier molecular flexibility index (Phi) is 3.82. The average molecular weight is 221 g/mol. The number of nitrogens with one attached hydrogen (secondary N) is 1. The van der Waals surface area contributed by atoms with Gasteiger partial charge < -0.3 is 15.5 Å². The molecule has 0 radical (unpaired) electrons. The van der Waals surface area contributed by atoms with Crippen LogP contribution in [0.3, 0.4) is 0 Å². The van der Waals surface area contributed by atoms with Gasteiger partial charge in [0.25, 0.3) is 0 Å². The molecule has 0 aliphatic heterocycles. The molecular formula is C11H15N3O2. The first-order chi connectivity index (χ1) is 7.50. The summed E-state index contributed by atoms with van der Waals surface area (Å²) in [6, 6.07) is 3.79. The number of hydrogen-bond donors (Lipinski definition) is 3. The summed E-state index contributed by atoms with van der Waals surface area (Å²) in [4.78, 5) is 4.02. The van der Waals surface area contributed by atoms with Gasteiger partial charge in [-0.15, -0.1) is 0 Å². The van der Waals surface area contributed by atoms with Crippen LogP contribution in [0.25, 0.3) is 0 Å². The summed E-state index contributed by atoms with van der Waals surface area (Å²) in [5.41, 5.74) is 0.0536. The van der Waals surface area contributed by atoms with E-state index in [9.17, 15) is 5.11 Å². The summed E-state index contributed by atoms with van der Waals surface area (Å²) in [6.45, 7) is 3.10. The maximum absolute atomic E-state index is 9.59. The van der Waals surface area contributed by atoms with Crippen molar-refractivity contribution in [2.24, 2.45) is 0 Å². The van der Waals surface area contributed by atoms with Crippen molar-refractivity contribution < 1.29 is 10.2 Å². The van der Waals surface area contributed by atoms with Gasteiger partial charge in [0.15, 0.2) is 0 Å². The first-order valence-corrected chi connectivity index (χ1v) is 4.93. The van der Waals surface area contributed by atoms with Crippen LogP contribution in [0.15, 0.2) is 12.3 Å². The van der Waals surface area contributed by atoms with Crippen LogP contribution in [0, 0.1) is 18.3 Å². The topological polar surface area (TPSA) is 89.2 Å². The third kappa shape index (κ3) is 2.92. The van der Waals surface area contributed by atoms with Gasteiger partial charge in [0.1, 0.15) is 17.5 Å². The molecule has 0 saturated heterocycles. The number of rotatable bonds is 4. The summed E-state index contributed by atoms with van der Waals surface area (Å²) >= 11 is 0. The molecule has 1 unspecified atom stereocenters. The van der Waals surface area contributed by atoms with Gasteiger partial charge in [0.05, 0.1) is 12.2 Å². The maximum Gasteiger partial charge on any atom is 0.144 e. The van der Waals surface area contributed by atoms with Crippen LogP contribution in [-0.2, 0) is 0 Å². The van der Waals surface area contributed by atoms with Crippen LogP contribution in [0.4, 0.5) is 5.82 Å². The maximum atomic E-state index is 9.59. The Balaban J connectivity index is 2.83. The molecule has 0 aromatic carbocycles. The van der Waals surface area contributed by atoms with E-state index in [4.69, 9.17) is 10.4 Å². The van der Waals surface area contributed by atoms with Crippen LogP contribution in [-0.4, -0.2) is 33.9 Å². The third-order valence-corrected chi connectivity index (χ3v) is 2.25. The lowest BCUT2D eigenvalue weighted by Crippen LogP contribution is -2.37. The van der Waals surface area contributed by atoms with Gasteiger partial charge in [-0.3, -0.25) is 0 Å². The highest BCUT2D eigenvalue weighted by Crippen LogP contribution is 2.16. The van der Waals surface area contributed by atoms with Crippen LogP contribution in [0.5, 0.6) is 0 Å². The minimum absolute atomic E-state index is 0.134. The van der Waals surface area contributed by atoms with Crippen molar-refractivity contribution in [1.82, 2.24) is 4.98 Å². The lowest BCUT2D eigenvalue weighted by molar-refractivity contribution is 0.0131. The number of aliphatic hydroxyl groups excluding tert-OH is 1. The third-order valence-electron chi connectivity index (χ3n) is 2.25. The van der Waals surface area contributed by atoms with E-state index in [0.29, 0.717) is 11.4 Å². The molecule has 0 spiro atoms. The molecule has 86 valence electrons. The minimum atomic E-state index is -1.22. The highest BCUT2D eigenvalue weighted by Gasteiger charge is 2.19. The van der Waals surface area contributed by atoms with E-state index in [-0.39, 0.29) is 13.2 Å². The smallest absolute Gasteiger partial charge is 0.144 e. The van der Waals surface area contributed by atoms with Crippen molar-refractivity contribution in [3.05, 3.63) is 23.4 Å². The molecule has 0 saturated carbocycles. The van der Waals surface area contributed by atoms with Crippen molar-refractivity contribution in [3.63, 3.8) is 0 Å².